The lowest BCUT2D eigenvalue weighted by atomic mass is 10.2. The summed E-state index contributed by atoms with van der Waals surface area (Å²) in [6.45, 7) is 0.225. The molecule has 112 valence electrons. The highest BCUT2D eigenvalue weighted by Crippen LogP contribution is 2.26. The van der Waals surface area contributed by atoms with Crippen molar-refractivity contribution in [3.63, 3.8) is 0 Å². The Balaban J connectivity index is 2.33. The summed E-state index contributed by atoms with van der Waals surface area (Å²) in [5.41, 5.74) is -0.1000. The maximum atomic E-state index is 12.4. The standard InChI is InChI=1S/C13H14N2O5S/c1-20-11-3-2-10(13(16)17)8-12(11)21(18,19)7-6-15-5-4-14-9-15/h2-5,8-9H,6-7H2,1H3,(H,16,17). The fraction of sp³-hybridized carbons (Fsp3) is 0.231. The fourth-order valence-electron chi connectivity index (χ4n) is 1.81. The van der Waals surface area contributed by atoms with Crippen LogP contribution in [-0.2, 0) is 16.4 Å². The van der Waals surface area contributed by atoms with Crippen LogP contribution in [0.15, 0.2) is 41.8 Å². The van der Waals surface area contributed by atoms with Gasteiger partial charge in [-0.25, -0.2) is 18.2 Å². The summed E-state index contributed by atoms with van der Waals surface area (Å²) in [5, 5.41) is 8.97. The molecule has 0 spiro atoms. The molecule has 2 rings (SSSR count). The van der Waals surface area contributed by atoms with Crippen LogP contribution in [0.4, 0.5) is 0 Å². The largest absolute Gasteiger partial charge is 0.495 e. The molecular formula is C13H14N2O5S. The molecule has 2 aromatic rings. The molecule has 0 aliphatic heterocycles. The summed E-state index contributed by atoms with van der Waals surface area (Å²) in [4.78, 5) is 14.7. The van der Waals surface area contributed by atoms with Crippen LogP contribution in [0.2, 0.25) is 0 Å². The minimum Gasteiger partial charge on any atom is -0.495 e. The first kappa shape index (κ1) is 15.0. The minimum atomic E-state index is -3.67. The Morgan fingerprint density at radius 2 is 2.19 bits per heavy atom. The van der Waals surface area contributed by atoms with Gasteiger partial charge in [-0.3, -0.25) is 0 Å². The number of nitrogens with zero attached hydrogens (tertiary/aromatic N) is 2. The Kier molecular flexibility index (Phi) is 4.27. The van der Waals surface area contributed by atoms with Gasteiger partial charge in [-0.2, -0.15) is 0 Å². The molecule has 0 unspecified atom stereocenters. The molecule has 0 radical (unpaired) electrons. The molecule has 0 aliphatic carbocycles. The van der Waals surface area contributed by atoms with Gasteiger partial charge in [0.15, 0.2) is 9.84 Å². The predicted molar refractivity (Wildman–Crippen MR) is 74.2 cm³/mol. The number of benzene rings is 1. The van der Waals surface area contributed by atoms with E-state index in [1.807, 2.05) is 0 Å². The molecule has 0 amide bonds. The van der Waals surface area contributed by atoms with Crippen molar-refractivity contribution in [2.45, 2.75) is 11.4 Å². The molecule has 0 fully saturated rings. The second-order valence-electron chi connectivity index (χ2n) is 4.29. The fourth-order valence-corrected chi connectivity index (χ4v) is 3.24. The molecule has 1 aromatic carbocycles. The molecule has 8 heteroatoms. The van der Waals surface area contributed by atoms with Crippen molar-refractivity contribution in [2.24, 2.45) is 0 Å². The number of rotatable bonds is 6. The SMILES string of the molecule is COc1ccc(C(=O)O)cc1S(=O)(=O)CCn1ccnc1. The normalized spacial score (nSPS) is 11.3. The number of carbonyl (C=O) groups is 1. The number of ether oxygens (including phenoxy) is 1. The lowest BCUT2D eigenvalue weighted by Gasteiger charge is -2.10. The third-order valence-corrected chi connectivity index (χ3v) is 4.63. The molecule has 7 nitrogen and oxygen atoms in total. The monoisotopic (exact) mass is 310 g/mol. The van der Waals surface area contributed by atoms with Crippen molar-refractivity contribution in [1.82, 2.24) is 9.55 Å². The van der Waals surface area contributed by atoms with Crippen LogP contribution in [0.5, 0.6) is 5.75 Å². The average Bonchev–Trinajstić information content (AvgIpc) is 2.98. The Hall–Kier alpha value is -2.35. The summed E-state index contributed by atoms with van der Waals surface area (Å²) < 4.78 is 31.4. The zero-order valence-corrected chi connectivity index (χ0v) is 12.1. The van der Waals surface area contributed by atoms with Gasteiger partial charge >= 0.3 is 5.97 Å². The van der Waals surface area contributed by atoms with E-state index >= 15 is 0 Å². The summed E-state index contributed by atoms with van der Waals surface area (Å²) in [6.07, 6.45) is 4.72. The summed E-state index contributed by atoms with van der Waals surface area (Å²) in [6, 6.07) is 3.76. The number of aromatic nitrogens is 2. The first-order valence-corrected chi connectivity index (χ1v) is 7.69. The molecule has 0 saturated heterocycles. The second-order valence-corrected chi connectivity index (χ2v) is 6.37. The highest BCUT2D eigenvalue weighted by Gasteiger charge is 2.21. The quantitative estimate of drug-likeness (QED) is 0.856. The molecule has 21 heavy (non-hydrogen) atoms. The van der Waals surface area contributed by atoms with Crippen molar-refractivity contribution >= 4 is 15.8 Å². The van der Waals surface area contributed by atoms with Gasteiger partial charge in [-0.1, -0.05) is 0 Å². The van der Waals surface area contributed by atoms with Crippen LogP contribution in [0.3, 0.4) is 0 Å². The number of methoxy groups -OCH3 is 1. The first-order valence-electron chi connectivity index (χ1n) is 6.04. The lowest BCUT2D eigenvalue weighted by Crippen LogP contribution is -2.14. The second kappa shape index (κ2) is 5.96. The van der Waals surface area contributed by atoms with E-state index in [1.54, 1.807) is 17.0 Å². The van der Waals surface area contributed by atoms with Crippen LogP contribution in [0.1, 0.15) is 10.4 Å². The van der Waals surface area contributed by atoms with Crippen molar-refractivity contribution in [3.8, 4) is 5.75 Å². The number of aryl methyl sites for hydroxylation is 1. The summed E-state index contributed by atoms with van der Waals surface area (Å²) in [5.74, 6) is -1.24. The molecule has 1 N–H and O–H groups in total. The number of hydrogen-bond donors (Lipinski definition) is 1. The van der Waals surface area contributed by atoms with Crippen LogP contribution < -0.4 is 4.74 Å². The molecular weight excluding hydrogens is 296 g/mol. The van der Waals surface area contributed by atoms with E-state index in [-0.39, 0.29) is 28.5 Å². The Labute approximate surface area is 121 Å². The van der Waals surface area contributed by atoms with Gasteiger partial charge in [0.2, 0.25) is 0 Å². The minimum absolute atomic E-state index is 0.1000. The van der Waals surface area contributed by atoms with Gasteiger partial charge in [-0.05, 0) is 18.2 Å². The van der Waals surface area contributed by atoms with Crippen LogP contribution in [0.25, 0.3) is 0 Å². The van der Waals surface area contributed by atoms with E-state index < -0.39 is 15.8 Å². The van der Waals surface area contributed by atoms with E-state index in [2.05, 4.69) is 4.98 Å². The lowest BCUT2D eigenvalue weighted by molar-refractivity contribution is 0.0696. The van der Waals surface area contributed by atoms with Crippen LogP contribution >= 0.6 is 0 Å². The van der Waals surface area contributed by atoms with Gasteiger partial charge in [0, 0.05) is 18.9 Å². The maximum absolute atomic E-state index is 12.4. The van der Waals surface area contributed by atoms with E-state index in [0.717, 1.165) is 6.07 Å². The topological polar surface area (TPSA) is 98.5 Å². The molecule has 0 saturated carbocycles. The molecule has 1 heterocycles. The van der Waals surface area contributed by atoms with Crippen molar-refractivity contribution in [2.75, 3.05) is 12.9 Å². The third-order valence-electron chi connectivity index (χ3n) is 2.92. The van der Waals surface area contributed by atoms with Gasteiger partial charge < -0.3 is 14.4 Å². The number of carboxylic acid groups (broad SMARTS) is 1. The number of aromatic carboxylic acids is 1. The third kappa shape index (κ3) is 3.40. The summed E-state index contributed by atoms with van der Waals surface area (Å²) in [7, 11) is -2.33. The molecule has 0 bridgehead atoms. The number of sulfone groups is 1. The predicted octanol–water partition coefficient (Wildman–Crippen LogP) is 1.06. The molecule has 1 aromatic heterocycles. The van der Waals surface area contributed by atoms with Crippen molar-refractivity contribution < 1.29 is 23.1 Å². The Bertz CT molecular complexity index is 738. The van der Waals surface area contributed by atoms with Crippen molar-refractivity contribution in [3.05, 3.63) is 42.5 Å². The maximum Gasteiger partial charge on any atom is 0.335 e. The van der Waals surface area contributed by atoms with Gasteiger partial charge in [-0.15, -0.1) is 0 Å². The summed E-state index contributed by atoms with van der Waals surface area (Å²) >= 11 is 0. The van der Waals surface area contributed by atoms with E-state index in [0.29, 0.717) is 0 Å². The van der Waals surface area contributed by atoms with Gasteiger partial charge in [0.05, 0.1) is 24.8 Å². The van der Waals surface area contributed by atoms with Gasteiger partial charge in [0.25, 0.3) is 0 Å². The zero-order chi connectivity index (χ0) is 15.5. The Morgan fingerprint density at radius 1 is 1.43 bits per heavy atom. The highest BCUT2D eigenvalue weighted by molar-refractivity contribution is 7.91. The Morgan fingerprint density at radius 3 is 2.76 bits per heavy atom. The van der Waals surface area contributed by atoms with Crippen LogP contribution in [-0.4, -0.2) is 41.9 Å². The number of imidazole rings is 1. The highest BCUT2D eigenvalue weighted by atomic mass is 32.2. The molecule has 0 atom stereocenters. The first-order chi connectivity index (χ1) is 9.94. The van der Waals surface area contributed by atoms with E-state index in [9.17, 15) is 13.2 Å². The van der Waals surface area contributed by atoms with E-state index in [1.165, 1.54) is 25.6 Å². The smallest absolute Gasteiger partial charge is 0.335 e. The average molecular weight is 310 g/mol. The van der Waals surface area contributed by atoms with Gasteiger partial charge in [0.1, 0.15) is 10.6 Å². The number of carboxylic acids is 1. The number of hydrogen-bond acceptors (Lipinski definition) is 5. The molecule has 0 aliphatic rings. The van der Waals surface area contributed by atoms with Crippen LogP contribution in [0, 0.1) is 0 Å². The van der Waals surface area contributed by atoms with E-state index in [4.69, 9.17) is 9.84 Å². The zero-order valence-electron chi connectivity index (χ0n) is 11.3. The van der Waals surface area contributed by atoms with Crippen molar-refractivity contribution in [1.29, 1.82) is 0 Å².